The van der Waals surface area contributed by atoms with Gasteiger partial charge in [-0.2, -0.15) is 0 Å². The summed E-state index contributed by atoms with van der Waals surface area (Å²) in [6, 6.07) is 1.43. The zero-order valence-corrected chi connectivity index (χ0v) is 10.7. The highest BCUT2D eigenvalue weighted by Crippen LogP contribution is 2.32. The number of hydrogen-bond acceptors (Lipinski definition) is 3. The van der Waals surface area contributed by atoms with Crippen LogP contribution in [0, 0.1) is 5.92 Å². The lowest BCUT2D eigenvalue weighted by Crippen LogP contribution is -2.47. The van der Waals surface area contributed by atoms with E-state index in [0.29, 0.717) is 12.1 Å². The zero-order chi connectivity index (χ0) is 11.5. The maximum Gasteiger partial charge on any atom is 0.0561 e. The fourth-order valence-electron chi connectivity index (χ4n) is 3.44. The van der Waals surface area contributed by atoms with E-state index in [4.69, 9.17) is 10.5 Å². The zero-order valence-electron chi connectivity index (χ0n) is 10.7. The van der Waals surface area contributed by atoms with Crippen molar-refractivity contribution in [3.63, 3.8) is 0 Å². The summed E-state index contributed by atoms with van der Waals surface area (Å²) in [6.07, 6.45) is 6.82. The van der Waals surface area contributed by atoms with E-state index >= 15 is 0 Å². The Labute approximate surface area is 99.3 Å². The van der Waals surface area contributed by atoms with Crippen molar-refractivity contribution in [2.75, 3.05) is 20.2 Å². The fraction of sp³-hybridized carbons (Fsp3) is 1.00. The Balaban J connectivity index is 1.92. The van der Waals surface area contributed by atoms with Crippen molar-refractivity contribution in [2.45, 2.75) is 57.2 Å². The van der Waals surface area contributed by atoms with Crippen LogP contribution in [0.25, 0.3) is 0 Å². The molecule has 3 nitrogen and oxygen atoms in total. The predicted octanol–water partition coefficient (Wildman–Crippen LogP) is 1.61. The van der Waals surface area contributed by atoms with E-state index in [2.05, 4.69) is 18.9 Å². The topological polar surface area (TPSA) is 38.5 Å². The van der Waals surface area contributed by atoms with Crippen molar-refractivity contribution in [3.8, 4) is 0 Å². The molecule has 0 amide bonds. The summed E-state index contributed by atoms with van der Waals surface area (Å²) < 4.78 is 5.62. The van der Waals surface area contributed by atoms with E-state index in [1.807, 2.05) is 0 Å². The van der Waals surface area contributed by atoms with Crippen LogP contribution < -0.4 is 5.73 Å². The molecule has 0 aromatic carbocycles. The van der Waals surface area contributed by atoms with E-state index in [1.54, 1.807) is 0 Å². The standard InChI is InChI=1S/C13H26N2O/c1-10-8-12(6-7-16-10)15(2)13-5-3-4-11(13)9-14/h10-13H,3-9,14H2,1-2H3. The molecule has 1 saturated carbocycles. The van der Waals surface area contributed by atoms with Gasteiger partial charge in [0.25, 0.3) is 0 Å². The van der Waals surface area contributed by atoms with Crippen molar-refractivity contribution in [1.29, 1.82) is 0 Å². The molecule has 1 heterocycles. The maximum absolute atomic E-state index is 5.87. The van der Waals surface area contributed by atoms with E-state index < -0.39 is 0 Å². The summed E-state index contributed by atoms with van der Waals surface area (Å²) in [4.78, 5) is 2.60. The number of nitrogens with zero attached hydrogens (tertiary/aromatic N) is 1. The monoisotopic (exact) mass is 226 g/mol. The Morgan fingerprint density at radius 2 is 2.12 bits per heavy atom. The molecular weight excluding hydrogens is 200 g/mol. The van der Waals surface area contributed by atoms with Gasteiger partial charge < -0.3 is 10.5 Å². The van der Waals surface area contributed by atoms with Crippen LogP contribution in [0.3, 0.4) is 0 Å². The minimum absolute atomic E-state index is 0.430. The highest BCUT2D eigenvalue weighted by Gasteiger charge is 2.34. The average molecular weight is 226 g/mol. The number of hydrogen-bond donors (Lipinski definition) is 1. The molecule has 4 atom stereocenters. The third-order valence-corrected chi connectivity index (χ3v) is 4.48. The smallest absolute Gasteiger partial charge is 0.0561 e. The lowest BCUT2D eigenvalue weighted by molar-refractivity contribution is -0.0241. The third kappa shape index (κ3) is 2.58. The molecule has 3 heteroatoms. The summed E-state index contributed by atoms with van der Waals surface area (Å²) in [5.41, 5.74) is 5.87. The first-order chi connectivity index (χ1) is 7.72. The van der Waals surface area contributed by atoms with Crippen LogP contribution in [-0.4, -0.2) is 43.3 Å². The third-order valence-electron chi connectivity index (χ3n) is 4.48. The first kappa shape index (κ1) is 12.3. The Hall–Kier alpha value is -0.120. The molecule has 2 fully saturated rings. The van der Waals surface area contributed by atoms with E-state index in [0.717, 1.165) is 25.1 Å². The van der Waals surface area contributed by atoms with Crippen LogP contribution in [0.15, 0.2) is 0 Å². The number of nitrogens with two attached hydrogens (primary N) is 1. The van der Waals surface area contributed by atoms with Crippen LogP contribution >= 0.6 is 0 Å². The van der Waals surface area contributed by atoms with Gasteiger partial charge in [-0.1, -0.05) is 6.42 Å². The molecule has 1 aliphatic heterocycles. The largest absolute Gasteiger partial charge is 0.378 e. The van der Waals surface area contributed by atoms with Crippen molar-refractivity contribution < 1.29 is 4.74 Å². The van der Waals surface area contributed by atoms with E-state index in [9.17, 15) is 0 Å². The highest BCUT2D eigenvalue weighted by atomic mass is 16.5. The Kier molecular flexibility index (Phi) is 4.22. The summed E-state index contributed by atoms with van der Waals surface area (Å²) in [6.45, 7) is 3.97. The first-order valence-corrected chi connectivity index (χ1v) is 6.76. The van der Waals surface area contributed by atoms with Gasteiger partial charge in [0.1, 0.15) is 0 Å². The Bertz CT molecular complexity index is 222. The second kappa shape index (κ2) is 5.48. The molecular formula is C13H26N2O. The first-order valence-electron chi connectivity index (χ1n) is 6.76. The molecule has 94 valence electrons. The maximum atomic E-state index is 5.87. The van der Waals surface area contributed by atoms with Crippen molar-refractivity contribution in [2.24, 2.45) is 11.7 Å². The lowest BCUT2D eigenvalue weighted by Gasteiger charge is -2.39. The normalized spacial score (nSPS) is 40.5. The summed E-state index contributed by atoms with van der Waals surface area (Å²) in [5.74, 6) is 0.725. The quantitative estimate of drug-likeness (QED) is 0.794. The Morgan fingerprint density at radius 1 is 1.31 bits per heavy atom. The highest BCUT2D eigenvalue weighted by molar-refractivity contribution is 4.89. The van der Waals surface area contributed by atoms with Gasteiger partial charge in [-0.05, 0) is 52.1 Å². The molecule has 2 aliphatic rings. The van der Waals surface area contributed by atoms with Crippen LogP contribution in [0.2, 0.25) is 0 Å². The van der Waals surface area contributed by atoms with Gasteiger partial charge in [0.05, 0.1) is 6.10 Å². The second-order valence-corrected chi connectivity index (χ2v) is 5.52. The molecule has 2 rings (SSSR count). The van der Waals surface area contributed by atoms with Gasteiger partial charge in [0.2, 0.25) is 0 Å². The minimum Gasteiger partial charge on any atom is -0.378 e. The SMILES string of the molecule is CC1CC(N(C)C2CCCC2CN)CCO1. The van der Waals surface area contributed by atoms with Crippen molar-refractivity contribution in [3.05, 3.63) is 0 Å². The van der Waals surface area contributed by atoms with Gasteiger partial charge >= 0.3 is 0 Å². The average Bonchev–Trinajstić information content (AvgIpc) is 2.76. The molecule has 0 radical (unpaired) electrons. The van der Waals surface area contributed by atoms with Gasteiger partial charge in [-0.3, -0.25) is 4.90 Å². The molecule has 2 N–H and O–H groups in total. The molecule has 0 aromatic rings. The molecule has 0 spiro atoms. The van der Waals surface area contributed by atoms with Gasteiger partial charge in [0.15, 0.2) is 0 Å². The van der Waals surface area contributed by atoms with Gasteiger partial charge in [-0.15, -0.1) is 0 Å². The van der Waals surface area contributed by atoms with Crippen molar-refractivity contribution in [1.82, 2.24) is 4.90 Å². The van der Waals surface area contributed by atoms with Crippen LogP contribution in [0.4, 0.5) is 0 Å². The number of rotatable bonds is 3. The van der Waals surface area contributed by atoms with E-state index in [1.165, 1.54) is 32.1 Å². The van der Waals surface area contributed by atoms with Gasteiger partial charge in [0, 0.05) is 18.7 Å². The van der Waals surface area contributed by atoms with Gasteiger partial charge in [-0.25, -0.2) is 0 Å². The van der Waals surface area contributed by atoms with Crippen LogP contribution in [0.5, 0.6) is 0 Å². The predicted molar refractivity (Wildman–Crippen MR) is 66.4 cm³/mol. The van der Waals surface area contributed by atoms with Crippen LogP contribution in [0.1, 0.15) is 39.0 Å². The molecule has 16 heavy (non-hydrogen) atoms. The summed E-state index contributed by atoms with van der Waals surface area (Å²) in [7, 11) is 2.29. The second-order valence-electron chi connectivity index (χ2n) is 5.52. The molecule has 1 saturated heterocycles. The van der Waals surface area contributed by atoms with Crippen molar-refractivity contribution >= 4 is 0 Å². The summed E-state index contributed by atoms with van der Waals surface area (Å²) in [5, 5.41) is 0. The Morgan fingerprint density at radius 3 is 2.81 bits per heavy atom. The van der Waals surface area contributed by atoms with E-state index in [-0.39, 0.29) is 0 Å². The fourth-order valence-corrected chi connectivity index (χ4v) is 3.44. The molecule has 1 aliphatic carbocycles. The molecule has 4 unspecified atom stereocenters. The lowest BCUT2D eigenvalue weighted by atomic mass is 9.96. The summed E-state index contributed by atoms with van der Waals surface area (Å²) >= 11 is 0. The van der Waals surface area contributed by atoms with Crippen LogP contribution in [-0.2, 0) is 4.74 Å². The molecule has 0 aromatic heterocycles. The number of ether oxygens (including phenoxy) is 1. The molecule has 0 bridgehead atoms. The minimum atomic E-state index is 0.430.